The molecule has 0 spiro atoms. The van der Waals surface area contributed by atoms with Gasteiger partial charge in [0.05, 0.1) is 5.69 Å². The van der Waals surface area contributed by atoms with Gasteiger partial charge in [-0.15, -0.1) is 5.10 Å². The van der Waals surface area contributed by atoms with Crippen LogP contribution in [0.15, 0.2) is 29.5 Å². The fraction of sp³-hybridized carbons (Fsp3) is 0.778. The lowest BCUT2D eigenvalue weighted by Crippen LogP contribution is -2.51. The third kappa shape index (κ3) is 4.06. The third-order valence-corrected chi connectivity index (χ3v) is 8.85. The van der Waals surface area contributed by atoms with E-state index in [1.165, 1.54) is 63.5 Å². The highest BCUT2D eigenvalue weighted by Crippen LogP contribution is 2.62. The molecule has 166 valence electrons. The third-order valence-electron chi connectivity index (χ3n) is 8.85. The van der Waals surface area contributed by atoms with Gasteiger partial charge in [0.2, 0.25) is 0 Å². The zero-order valence-corrected chi connectivity index (χ0v) is 20.1. The average molecular weight is 410 g/mol. The predicted molar refractivity (Wildman–Crippen MR) is 125 cm³/mol. The number of hydrogen-bond donors (Lipinski definition) is 0. The Hall–Kier alpha value is -1.38. The van der Waals surface area contributed by atoms with Crippen LogP contribution in [-0.2, 0) is 13.0 Å². The predicted octanol–water partition coefficient (Wildman–Crippen LogP) is 7.15. The molecule has 1 saturated carbocycles. The van der Waals surface area contributed by atoms with Crippen molar-refractivity contribution in [2.24, 2.45) is 28.6 Å². The summed E-state index contributed by atoms with van der Waals surface area (Å²) in [5.74, 6) is 2.18. The number of hydrogen-bond acceptors (Lipinski definition) is 2. The molecule has 3 aliphatic rings. The lowest BCUT2D eigenvalue weighted by atomic mass is 9.47. The summed E-state index contributed by atoms with van der Waals surface area (Å²) in [5, 5.41) is 9.04. The van der Waals surface area contributed by atoms with Crippen LogP contribution < -0.4 is 0 Å². The molecule has 0 aliphatic heterocycles. The molecule has 1 heterocycles. The zero-order valence-electron chi connectivity index (χ0n) is 20.1. The molecule has 0 radical (unpaired) electrons. The molecule has 2 unspecified atom stereocenters. The van der Waals surface area contributed by atoms with Gasteiger partial charge in [0.25, 0.3) is 0 Å². The Morgan fingerprint density at radius 3 is 2.80 bits per heavy atom. The Morgan fingerprint density at radius 1 is 1.20 bits per heavy atom. The van der Waals surface area contributed by atoms with Gasteiger partial charge >= 0.3 is 0 Å². The first-order valence-electron chi connectivity index (χ1n) is 12.7. The van der Waals surface area contributed by atoms with E-state index < -0.39 is 0 Å². The number of unbranched alkanes of at least 4 members (excludes halogenated alkanes) is 2. The lowest BCUT2D eigenvalue weighted by Gasteiger charge is -2.58. The second-order valence-electron chi connectivity index (χ2n) is 11.3. The van der Waals surface area contributed by atoms with Gasteiger partial charge < -0.3 is 0 Å². The Labute approximate surface area is 184 Å². The molecule has 1 fully saturated rings. The number of aryl methyl sites for hydroxylation is 1. The van der Waals surface area contributed by atoms with Crippen LogP contribution in [0.2, 0.25) is 0 Å². The minimum Gasteiger partial charge on any atom is -0.252 e. The molecular formula is C27H43N3. The highest BCUT2D eigenvalue weighted by Gasteiger charge is 2.54. The largest absolute Gasteiger partial charge is 0.252 e. The average Bonchev–Trinajstić information content (AvgIpc) is 3.14. The summed E-state index contributed by atoms with van der Waals surface area (Å²) in [6.45, 7) is 13.2. The Kier molecular flexibility index (Phi) is 6.28. The van der Waals surface area contributed by atoms with E-state index in [4.69, 9.17) is 0 Å². The van der Waals surface area contributed by atoms with Gasteiger partial charge in [0.15, 0.2) is 0 Å². The van der Waals surface area contributed by atoms with Gasteiger partial charge in [0.1, 0.15) is 0 Å². The molecule has 0 amide bonds. The monoisotopic (exact) mass is 409 g/mol. The summed E-state index contributed by atoms with van der Waals surface area (Å²) >= 11 is 0. The second kappa shape index (κ2) is 8.63. The maximum absolute atomic E-state index is 4.55. The molecule has 3 aliphatic carbocycles. The van der Waals surface area contributed by atoms with Crippen molar-refractivity contribution >= 4 is 0 Å². The fourth-order valence-electron chi connectivity index (χ4n) is 7.12. The number of rotatable bonds is 7. The molecule has 4 atom stereocenters. The Morgan fingerprint density at radius 2 is 2.03 bits per heavy atom. The molecule has 30 heavy (non-hydrogen) atoms. The molecule has 3 nitrogen and oxygen atoms in total. The Balaban J connectivity index is 1.53. The smallest absolute Gasteiger partial charge is 0.0827 e. The number of aromatic nitrogens is 3. The van der Waals surface area contributed by atoms with Crippen molar-refractivity contribution in [2.75, 3.05) is 0 Å². The van der Waals surface area contributed by atoms with E-state index in [2.05, 4.69) is 68.0 Å². The van der Waals surface area contributed by atoms with Gasteiger partial charge in [0, 0.05) is 12.7 Å². The summed E-state index contributed by atoms with van der Waals surface area (Å²) in [5.41, 5.74) is 5.24. The van der Waals surface area contributed by atoms with E-state index in [9.17, 15) is 0 Å². The summed E-state index contributed by atoms with van der Waals surface area (Å²) in [6.07, 6.45) is 20.2. The fourth-order valence-corrected chi connectivity index (χ4v) is 7.12. The summed E-state index contributed by atoms with van der Waals surface area (Å²) in [4.78, 5) is 0. The van der Waals surface area contributed by atoms with E-state index >= 15 is 0 Å². The van der Waals surface area contributed by atoms with Crippen LogP contribution in [0.5, 0.6) is 0 Å². The summed E-state index contributed by atoms with van der Waals surface area (Å²) < 4.78 is 2.17. The highest BCUT2D eigenvalue weighted by molar-refractivity contribution is 5.35. The summed E-state index contributed by atoms with van der Waals surface area (Å²) in [7, 11) is 0. The van der Waals surface area contributed by atoms with Gasteiger partial charge in [-0.05, 0) is 79.1 Å². The highest BCUT2D eigenvalue weighted by atomic mass is 15.4. The number of allylic oxidation sites excluding steroid dienone is 4. The van der Waals surface area contributed by atoms with Crippen molar-refractivity contribution in [3.05, 3.63) is 35.2 Å². The maximum Gasteiger partial charge on any atom is 0.0827 e. The van der Waals surface area contributed by atoms with Crippen LogP contribution >= 0.6 is 0 Å². The first kappa shape index (κ1) is 21.8. The van der Waals surface area contributed by atoms with Gasteiger partial charge in [-0.3, -0.25) is 4.68 Å². The Bertz CT molecular complexity index is 801. The normalized spacial score (nSPS) is 33.7. The van der Waals surface area contributed by atoms with Crippen LogP contribution in [0.4, 0.5) is 0 Å². The number of nitrogens with zero attached hydrogens (tertiary/aromatic N) is 3. The van der Waals surface area contributed by atoms with Crippen molar-refractivity contribution in [3.63, 3.8) is 0 Å². The molecule has 0 bridgehead atoms. The molecule has 1 aromatic rings. The second-order valence-corrected chi connectivity index (χ2v) is 11.3. The van der Waals surface area contributed by atoms with Crippen molar-refractivity contribution < 1.29 is 0 Å². The van der Waals surface area contributed by atoms with Crippen LogP contribution in [0.1, 0.15) is 98.1 Å². The van der Waals surface area contributed by atoms with E-state index in [0.29, 0.717) is 16.7 Å². The molecule has 0 saturated heterocycles. The minimum absolute atomic E-state index is 0.311. The first-order chi connectivity index (χ1) is 14.4. The molecule has 3 heteroatoms. The van der Waals surface area contributed by atoms with Crippen LogP contribution in [0, 0.1) is 28.6 Å². The van der Waals surface area contributed by atoms with E-state index in [1.807, 2.05) is 0 Å². The van der Waals surface area contributed by atoms with Gasteiger partial charge in [-0.25, -0.2) is 0 Å². The van der Waals surface area contributed by atoms with Crippen molar-refractivity contribution in [2.45, 2.75) is 105 Å². The van der Waals surface area contributed by atoms with Crippen molar-refractivity contribution in [3.8, 4) is 0 Å². The van der Waals surface area contributed by atoms with Gasteiger partial charge in [-0.1, -0.05) is 76.8 Å². The standard InChI is InChI=1S/C27H43N3/c1-6-7-8-10-23-18-30(29-28-23)19-26(4)15-9-16-27(5)24-13-11-21(20(2)3)17-22(24)12-14-25(26)27/h12,17-18,20,24-25H,6-11,13-16,19H2,1-5H3/t24?,25?,26-,27+/m0/s1. The quantitative estimate of drug-likeness (QED) is 0.448. The molecule has 0 N–H and O–H groups in total. The van der Waals surface area contributed by atoms with E-state index in [-0.39, 0.29) is 0 Å². The molecular weight excluding hydrogens is 366 g/mol. The van der Waals surface area contributed by atoms with Crippen molar-refractivity contribution in [1.82, 2.24) is 15.0 Å². The molecule has 1 aromatic heterocycles. The molecule has 4 rings (SSSR count). The van der Waals surface area contributed by atoms with Crippen LogP contribution in [0.25, 0.3) is 0 Å². The van der Waals surface area contributed by atoms with Crippen LogP contribution in [0.3, 0.4) is 0 Å². The minimum atomic E-state index is 0.311. The van der Waals surface area contributed by atoms with E-state index in [1.54, 1.807) is 11.1 Å². The number of fused-ring (bicyclic) bond motifs is 3. The van der Waals surface area contributed by atoms with Gasteiger partial charge in [-0.2, -0.15) is 0 Å². The maximum atomic E-state index is 4.55. The first-order valence-corrected chi connectivity index (χ1v) is 12.7. The molecule has 0 aromatic carbocycles. The SMILES string of the molecule is CCCCCc1cn(C[C@]2(C)CCC[C@]3(C)C4CCC(C(C)C)=CC4=CCC23)nn1. The van der Waals surface area contributed by atoms with E-state index in [0.717, 1.165) is 24.8 Å². The van der Waals surface area contributed by atoms with Crippen LogP contribution in [-0.4, -0.2) is 15.0 Å². The van der Waals surface area contributed by atoms with Crippen molar-refractivity contribution in [1.29, 1.82) is 0 Å². The topological polar surface area (TPSA) is 30.7 Å². The lowest BCUT2D eigenvalue weighted by molar-refractivity contribution is -0.0588. The summed E-state index contributed by atoms with van der Waals surface area (Å²) in [6, 6.07) is 0. The zero-order chi connectivity index (χ0) is 21.4.